The van der Waals surface area contributed by atoms with Gasteiger partial charge in [-0.3, -0.25) is 18.3 Å². The molecule has 53 heavy (non-hydrogen) atoms. The van der Waals surface area contributed by atoms with Gasteiger partial charge >= 0.3 is 0 Å². The van der Waals surface area contributed by atoms with Crippen LogP contribution >= 0.6 is 0 Å². The van der Waals surface area contributed by atoms with E-state index >= 15 is 0 Å². The van der Waals surface area contributed by atoms with Gasteiger partial charge in [-0.15, -0.1) is 0 Å². The Morgan fingerprint density at radius 2 is 0.962 bits per heavy atom. The molecule has 0 aliphatic rings. The third-order valence-corrected chi connectivity index (χ3v) is 10.5. The molecule has 4 heterocycles. The minimum absolute atomic E-state index is 0.503. The molecule has 4 aromatic heterocycles. The molecule has 0 fully saturated rings. The third kappa shape index (κ3) is 4.74. The molecule has 0 saturated heterocycles. The van der Waals surface area contributed by atoms with E-state index < -0.39 is 0 Å². The lowest BCUT2D eigenvalue weighted by atomic mass is 10.1. The number of nitrogens with zero attached hydrogens (tertiary/aromatic N) is 6. The summed E-state index contributed by atoms with van der Waals surface area (Å²) in [5.41, 5.74) is 11.1. The standard InChI is InChI=1S/C46H36N6O/c1-29-13-11-14-30(2)43(29)49-26-25-47-45(49)52-40-22-10-7-19-36(40)37-24-23-33(27-41(37)52)53-42-28-50(44-31(3)15-12-16-32(44)4)46(48-42)51-38-20-8-5-17-34(38)35-18-6-9-21-39(35)51/h5-28H,1-4H3. The average molecular weight is 689 g/mol. The van der Waals surface area contributed by atoms with Gasteiger partial charge in [0.25, 0.3) is 0 Å². The molecule has 10 rings (SSSR count). The second-order valence-electron chi connectivity index (χ2n) is 13.8. The maximum absolute atomic E-state index is 6.77. The van der Waals surface area contributed by atoms with Crippen LogP contribution in [0.5, 0.6) is 11.6 Å². The van der Waals surface area contributed by atoms with Crippen molar-refractivity contribution in [2.45, 2.75) is 27.7 Å². The largest absolute Gasteiger partial charge is 0.437 e. The molecule has 0 radical (unpaired) electrons. The fourth-order valence-corrected chi connectivity index (χ4v) is 8.22. The molecule has 10 aromatic rings. The highest BCUT2D eigenvalue weighted by Crippen LogP contribution is 2.38. The minimum atomic E-state index is 0.503. The van der Waals surface area contributed by atoms with Crippen LogP contribution in [-0.2, 0) is 0 Å². The number of para-hydroxylation sites is 5. The van der Waals surface area contributed by atoms with Crippen LogP contribution in [0.1, 0.15) is 22.3 Å². The van der Waals surface area contributed by atoms with E-state index in [0.717, 1.165) is 67.2 Å². The average Bonchev–Trinajstić information content (AvgIpc) is 3.94. The fraction of sp³-hybridized carbons (Fsp3) is 0.0870. The summed E-state index contributed by atoms with van der Waals surface area (Å²) >= 11 is 0. The zero-order valence-corrected chi connectivity index (χ0v) is 29.9. The number of imidazole rings is 2. The first-order valence-electron chi connectivity index (χ1n) is 17.9. The molecule has 6 aromatic carbocycles. The van der Waals surface area contributed by atoms with Crippen molar-refractivity contribution in [2.24, 2.45) is 0 Å². The third-order valence-electron chi connectivity index (χ3n) is 10.5. The van der Waals surface area contributed by atoms with Gasteiger partial charge in [-0.25, -0.2) is 4.98 Å². The number of ether oxygens (including phenoxy) is 1. The summed E-state index contributed by atoms with van der Waals surface area (Å²) in [6, 6.07) is 44.6. The van der Waals surface area contributed by atoms with Gasteiger partial charge < -0.3 is 4.74 Å². The quantitative estimate of drug-likeness (QED) is 0.175. The van der Waals surface area contributed by atoms with Gasteiger partial charge in [0.1, 0.15) is 5.75 Å². The molecular weight excluding hydrogens is 653 g/mol. The Morgan fingerprint density at radius 1 is 0.472 bits per heavy atom. The summed E-state index contributed by atoms with van der Waals surface area (Å²) in [7, 11) is 0. The molecule has 0 aliphatic carbocycles. The number of hydrogen-bond acceptors (Lipinski definition) is 3. The van der Waals surface area contributed by atoms with Crippen molar-refractivity contribution in [1.29, 1.82) is 0 Å². The molecule has 0 saturated carbocycles. The fourth-order valence-electron chi connectivity index (χ4n) is 8.22. The van der Waals surface area contributed by atoms with Gasteiger partial charge in [0.05, 0.1) is 39.6 Å². The van der Waals surface area contributed by atoms with E-state index in [1.165, 1.54) is 21.9 Å². The van der Waals surface area contributed by atoms with E-state index in [9.17, 15) is 0 Å². The van der Waals surface area contributed by atoms with Crippen LogP contribution in [0, 0.1) is 27.7 Å². The van der Waals surface area contributed by atoms with Crippen LogP contribution in [0.25, 0.3) is 66.9 Å². The highest BCUT2D eigenvalue weighted by atomic mass is 16.5. The Hall–Kier alpha value is -6.86. The highest BCUT2D eigenvalue weighted by molar-refractivity contribution is 6.10. The number of hydrogen-bond donors (Lipinski definition) is 0. The van der Waals surface area contributed by atoms with Crippen molar-refractivity contribution in [1.82, 2.24) is 28.2 Å². The lowest BCUT2D eigenvalue weighted by Gasteiger charge is -2.15. The van der Waals surface area contributed by atoms with Crippen LogP contribution in [0.15, 0.2) is 146 Å². The van der Waals surface area contributed by atoms with E-state index in [0.29, 0.717) is 11.6 Å². The molecule has 7 nitrogen and oxygen atoms in total. The first-order chi connectivity index (χ1) is 26.0. The summed E-state index contributed by atoms with van der Waals surface area (Å²) < 4.78 is 15.6. The molecule has 0 atom stereocenters. The molecule has 0 bridgehead atoms. The van der Waals surface area contributed by atoms with Crippen LogP contribution in [0.3, 0.4) is 0 Å². The lowest BCUT2D eigenvalue weighted by Crippen LogP contribution is -2.07. The van der Waals surface area contributed by atoms with E-state index in [4.69, 9.17) is 14.7 Å². The monoisotopic (exact) mass is 688 g/mol. The van der Waals surface area contributed by atoms with Crippen LogP contribution in [-0.4, -0.2) is 28.2 Å². The zero-order valence-electron chi connectivity index (χ0n) is 29.9. The van der Waals surface area contributed by atoms with Gasteiger partial charge in [0.15, 0.2) is 0 Å². The Bertz CT molecular complexity index is 2950. The number of aromatic nitrogens is 6. The molecule has 0 N–H and O–H groups in total. The van der Waals surface area contributed by atoms with Gasteiger partial charge in [-0.1, -0.05) is 91.0 Å². The molecule has 0 unspecified atom stereocenters. The summed E-state index contributed by atoms with van der Waals surface area (Å²) in [4.78, 5) is 10.2. The SMILES string of the molecule is Cc1cccc(C)c1-n1ccnc1-n1c2ccccc2c2ccc(Oc3cn(-c4c(C)cccc4C)c(-n4c5ccccc5c5ccccc54)n3)cc21. The van der Waals surface area contributed by atoms with E-state index in [-0.39, 0.29) is 0 Å². The maximum Gasteiger partial charge on any atom is 0.239 e. The van der Waals surface area contributed by atoms with Gasteiger partial charge in [-0.2, -0.15) is 4.98 Å². The van der Waals surface area contributed by atoms with Crippen molar-refractivity contribution >= 4 is 43.6 Å². The topological polar surface area (TPSA) is 54.7 Å². The normalized spacial score (nSPS) is 11.8. The van der Waals surface area contributed by atoms with Crippen LogP contribution < -0.4 is 4.74 Å². The predicted molar refractivity (Wildman–Crippen MR) is 215 cm³/mol. The number of aryl methyl sites for hydroxylation is 4. The number of rotatable bonds is 6. The lowest BCUT2D eigenvalue weighted by molar-refractivity contribution is 0.465. The first kappa shape index (κ1) is 30.9. The molecule has 256 valence electrons. The zero-order chi connectivity index (χ0) is 35.8. The molecule has 7 heteroatoms. The highest BCUT2D eigenvalue weighted by Gasteiger charge is 2.22. The van der Waals surface area contributed by atoms with Gasteiger partial charge in [-0.05, 0) is 80.3 Å². The summed E-state index contributed by atoms with van der Waals surface area (Å²) in [5.74, 6) is 2.77. The Labute approximate surface area is 306 Å². The Kier molecular flexibility index (Phi) is 6.92. The van der Waals surface area contributed by atoms with Crippen molar-refractivity contribution in [2.75, 3.05) is 0 Å². The summed E-state index contributed by atoms with van der Waals surface area (Å²) in [5, 5.41) is 4.63. The predicted octanol–water partition coefficient (Wildman–Crippen LogP) is 11.3. The smallest absolute Gasteiger partial charge is 0.239 e. The summed E-state index contributed by atoms with van der Waals surface area (Å²) in [6.07, 6.45) is 5.93. The maximum atomic E-state index is 6.77. The second kappa shape index (κ2) is 11.9. The minimum Gasteiger partial charge on any atom is -0.437 e. The summed E-state index contributed by atoms with van der Waals surface area (Å²) in [6.45, 7) is 8.59. The van der Waals surface area contributed by atoms with Crippen molar-refractivity contribution in [3.63, 3.8) is 0 Å². The second-order valence-corrected chi connectivity index (χ2v) is 13.8. The number of fused-ring (bicyclic) bond motifs is 6. The van der Waals surface area contributed by atoms with Crippen molar-refractivity contribution < 1.29 is 4.74 Å². The Balaban J connectivity index is 1.17. The molecular formula is C46H36N6O. The van der Waals surface area contributed by atoms with Crippen molar-refractivity contribution in [3.05, 3.63) is 168 Å². The Morgan fingerprint density at radius 3 is 1.53 bits per heavy atom. The molecule has 0 spiro atoms. The van der Waals surface area contributed by atoms with Crippen LogP contribution in [0.2, 0.25) is 0 Å². The van der Waals surface area contributed by atoms with E-state index in [1.807, 2.05) is 24.7 Å². The van der Waals surface area contributed by atoms with Crippen molar-refractivity contribution in [3.8, 4) is 34.9 Å². The molecule has 0 amide bonds. The van der Waals surface area contributed by atoms with E-state index in [2.05, 4.69) is 167 Å². The first-order valence-corrected chi connectivity index (χ1v) is 17.9. The van der Waals surface area contributed by atoms with Crippen LogP contribution in [0.4, 0.5) is 0 Å². The van der Waals surface area contributed by atoms with Gasteiger partial charge in [0, 0.05) is 40.0 Å². The molecule has 0 aliphatic heterocycles. The van der Waals surface area contributed by atoms with Gasteiger partial charge in [0.2, 0.25) is 17.8 Å². The van der Waals surface area contributed by atoms with E-state index in [1.54, 1.807) is 0 Å². The number of benzene rings is 6.